The van der Waals surface area contributed by atoms with Crippen molar-refractivity contribution < 1.29 is 9.53 Å². The number of benzene rings is 1. The minimum Gasteiger partial charge on any atom is -0.454 e. The monoisotopic (exact) mass is 343 g/mol. The minimum atomic E-state index is -0.0280. The molecule has 0 aliphatic carbocycles. The van der Waals surface area contributed by atoms with Gasteiger partial charge in [-0.1, -0.05) is 11.6 Å². The van der Waals surface area contributed by atoms with E-state index in [1.807, 2.05) is 0 Å². The summed E-state index contributed by atoms with van der Waals surface area (Å²) in [6.07, 6.45) is 2.79. The van der Waals surface area contributed by atoms with Crippen LogP contribution in [0.4, 0.5) is 0 Å². The molecule has 3 atom stereocenters. The first-order valence-corrected chi connectivity index (χ1v) is 8.48. The van der Waals surface area contributed by atoms with Gasteiger partial charge in [0, 0.05) is 30.9 Å². The van der Waals surface area contributed by atoms with Gasteiger partial charge in [-0.2, -0.15) is 0 Å². The number of rotatable bonds is 4. The molecule has 1 aromatic carbocycles. The number of hydrogen-bond acceptors (Lipinski definition) is 4. The predicted octanol–water partition coefficient (Wildman–Crippen LogP) is 2.96. The Balaban J connectivity index is 1.40. The molecule has 1 N–H and O–H groups in total. The molecule has 2 aliphatic heterocycles. The summed E-state index contributed by atoms with van der Waals surface area (Å²) in [6, 6.07) is 10.8. The summed E-state index contributed by atoms with van der Waals surface area (Å²) in [5.41, 5.74) is 0.636. The highest BCUT2D eigenvalue weighted by atomic mass is 35.5. The van der Waals surface area contributed by atoms with Gasteiger partial charge in [-0.3, -0.25) is 4.79 Å². The van der Waals surface area contributed by atoms with Crippen molar-refractivity contribution >= 4 is 17.5 Å². The van der Waals surface area contributed by atoms with Crippen molar-refractivity contribution in [3.63, 3.8) is 0 Å². The SMILES string of the molecule is O=C(NC1CN2CCC1C2)c1ccc(Oc2cccnc2Cl)cc1. The molecule has 2 bridgehead atoms. The Morgan fingerprint density at radius 3 is 2.75 bits per heavy atom. The molecule has 0 spiro atoms. The van der Waals surface area contributed by atoms with E-state index in [4.69, 9.17) is 16.3 Å². The largest absolute Gasteiger partial charge is 0.454 e. The number of nitrogens with one attached hydrogen (secondary N) is 1. The number of carbonyl (C=O) groups excluding carboxylic acids is 1. The van der Waals surface area contributed by atoms with Gasteiger partial charge in [-0.25, -0.2) is 4.98 Å². The van der Waals surface area contributed by atoms with E-state index in [1.165, 1.54) is 13.0 Å². The lowest BCUT2D eigenvalue weighted by Crippen LogP contribution is -2.43. The lowest BCUT2D eigenvalue weighted by Gasteiger charge is -2.23. The Morgan fingerprint density at radius 1 is 1.25 bits per heavy atom. The number of piperidine rings is 1. The number of amides is 1. The lowest BCUT2D eigenvalue weighted by molar-refractivity contribution is 0.0924. The number of pyridine rings is 1. The molecule has 4 rings (SSSR count). The van der Waals surface area contributed by atoms with E-state index in [-0.39, 0.29) is 11.9 Å². The highest BCUT2D eigenvalue weighted by molar-refractivity contribution is 6.30. The van der Waals surface area contributed by atoms with Crippen LogP contribution in [-0.4, -0.2) is 41.5 Å². The maximum Gasteiger partial charge on any atom is 0.251 e. The first-order chi connectivity index (χ1) is 11.7. The van der Waals surface area contributed by atoms with Crippen LogP contribution >= 0.6 is 11.6 Å². The van der Waals surface area contributed by atoms with Gasteiger partial charge in [0.2, 0.25) is 0 Å². The molecule has 3 heterocycles. The Morgan fingerprint density at radius 2 is 2.08 bits per heavy atom. The number of aromatic nitrogens is 1. The first-order valence-electron chi connectivity index (χ1n) is 8.11. The average Bonchev–Trinajstić information content (AvgIpc) is 3.20. The summed E-state index contributed by atoms with van der Waals surface area (Å²) >= 11 is 5.98. The number of halogens is 1. The van der Waals surface area contributed by atoms with Gasteiger partial charge < -0.3 is 15.0 Å². The molecule has 24 heavy (non-hydrogen) atoms. The first kappa shape index (κ1) is 15.4. The fourth-order valence-electron chi connectivity index (χ4n) is 3.45. The summed E-state index contributed by atoms with van der Waals surface area (Å²) in [5, 5.41) is 3.46. The van der Waals surface area contributed by atoms with E-state index in [1.54, 1.807) is 42.6 Å². The fraction of sp³-hybridized carbons (Fsp3) is 0.333. The van der Waals surface area contributed by atoms with Crippen LogP contribution in [-0.2, 0) is 0 Å². The zero-order valence-corrected chi connectivity index (χ0v) is 13.9. The third-order valence-electron chi connectivity index (χ3n) is 4.72. The van der Waals surface area contributed by atoms with Crippen LogP contribution in [0.2, 0.25) is 5.15 Å². The number of hydrogen-bond donors (Lipinski definition) is 1. The molecular weight excluding hydrogens is 326 g/mol. The molecule has 0 saturated carbocycles. The van der Waals surface area contributed by atoms with Crippen molar-refractivity contribution in [2.24, 2.45) is 5.92 Å². The molecule has 3 unspecified atom stereocenters. The molecule has 0 radical (unpaired) electrons. The number of nitrogens with zero attached hydrogens (tertiary/aromatic N) is 2. The minimum absolute atomic E-state index is 0.0280. The molecule has 124 valence electrons. The van der Waals surface area contributed by atoms with E-state index in [9.17, 15) is 4.79 Å². The Hall–Kier alpha value is -2.11. The number of fused-ring (bicyclic) bond motifs is 2. The maximum atomic E-state index is 12.4. The van der Waals surface area contributed by atoms with Crippen molar-refractivity contribution in [3.8, 4) is 11.5 Å². The normalized spacial score (nSPS) is 24.8. The third kappa shape index (κ3) is 3.09. The van der Waals surface area contributed by atoms with Crippen molar-refractivity contribution in [2.75, 3.05) is 19.6 Å². The Labute approximate surface area is 145 Å². The topological polar surface area (TPSA) is 54.5 Å². The summed E-state index contributed by atoms with van der Waals surface area (Å²) in [6.45, 7) is 3.25. The van der Waals surface area contributed by atoms with E-state index < -0.39 is 0 Å². The van der Waals surface area contributed by atoms with E-state index in [0.717, 1.165) is 13.1 Å². The lowest BCUT2D eigenvalue weighted by atomic mass is 9.99. The van der Waals surface area contributed by atoms with E-state index in [2.05, 4.69) is 15.2 Å². The second-order valence-electron chi connectivity index (χ2n) is 6.31. The Bertz CT molecular complexity index is 750. The van der Waals surface area contributed by atoms with Crippen LogP contribution in [0.1, 0.15) is 16.8 Å². The molecule has 2 aromatic rings. The number of ether oxygens (including phenoxy) is 1. The maximum absolute atomic E-state index is 12.4. The fourth-order valence-corrected chi connectivity index (χ4v) is 3.61. The molecule has 2 saturated heterocycles. The van der Waals surface area contributed by atoms with Gasteiger partial charge in [0.1, 0.15) is 5.75 Å². The molecule has 2 fully saturated rings. The smallest absolute Gasteiger partial charge is 0.251 e. The van der Waals surface area contributed by atoms with Gasteiger partial charge in [-0.15, -0.1) is 0 Å². The highest BCUT2D eigenvalue weighted by Crippen LogP contribution is 2.29. The van der Waals surface area contributed by atoms with Crippen molar-refractivity contribution in [1.29, 1.82) is 0 Å². The molecule has 6 heteroatoms. The zero-order chi connectivity index (χ0) is 16.5. The molecule has 1 amide bonds. The second kappa shape index (κ2) is 6.42. The average molecular weight is 344 g/mol. The summed E-state index contributed by atoms with van der Waals surface area (Å²) in [4.78, 5) is 18.8. The van der Waals surface area contributed by atoms with Crippen LogP contribution in [0.15, 0.2) is 42.6 Å². The highest BCUT2D eigenvalue weighted by Gasteiger charge is 2.38. The quantitative estimate of drug-likeness (QED) is 0.867. The van der Waals surface area contributed by atoms with Gasteiger partial charge in [0.15, 0.2) is 10.9 Å². The van der Waals surface area contributed by atoms with Crippen molar-refractivity contribution in [3.05, 3.63) is 53.3 Å². The van der Waals surface area contributed by atoms with Crippen molar-refractivity contribution in [1.82, 2.24) is 15.2 Å². The molecular formula is C18H18ClN3O2. The zero-order valence-electron chi connectivity index (χ0n) is 13.1. The summed E-state index contributed by atoms with van der Waals surface area (Å²) in [7, 11) is 0. The Kier molecular flexibility index (Phi) is 4.12. The van der Waals surface area contributed by atoms with E-state index in [0.29, 0.717) is 28.1 Å². The van der Waals surface area contributed by atoms with Gasteiger partial charge in [0.25, 0.3) is 5.91 Å². The van der Waals surface area contributed by atoms with E-state index >= 15 is 0 Å². The van der Waals surface area contributed by atoms with Crippen LogP contribution in [0.3, 0.4) is 0 Å². The predicted molar refractivity (Wildman–Crippen MR) is 91.6 cm³/mol. The van der Waals surface area contributed by atoms with Gasteiger partial charge in [0.05, 0.1) is 0 Å². The van der Waals surface area contributed by atoms with Crippen molar-refractivity contribution in [2.45, 2.75) is 12.5 Å². The van der Waals surface area contributed by atoms with Gasteiger partial charge in [-0.05, 0) is 55.3 Å². The van der Waals surface area contributed by atoms with Crippen LogP contribution in [0.5, 0.6) is 11.5 Å². The molecule has 5 nitrogen and oxygen atoms in total. The number of carbonyl (C=O) groups is 1. The second-order valence-corrected chi connectivity index (χ2v) is 6.67. The standard InChI is InChI=1S/C18H18ClN3O2/c19-17-16(2-1-8-20-17)24-14-5-3-12(4-6-14)18(23)21-15-11-22-9-7-13(15)10-22/h1-6,8,13,15H,7,9-11H2,(H,21,23). The van der Waals surface area contributed by atoms with Crippen LogP contribution < -0.4 is 10.1 Å². The molecule has 2 aliphatic rings. The van der Waals surface area contributed by atoms with Crippen LogP contribution in [0.25, 0.3) is 0 Å². The summed E-state index contributed by atoms with van der Waals surface area (Å²) < 4.78 is 5.68. The summed E-state index contributed by atoms with van der Waals surface area (Å²) in [5.74, 6) is 1.68. The van der Waals surface area contributed by atoms with Crippen LogP contribution in [0, 0.1) is 5.92 Å². The van der Waals surface area contributed by atoms with Gasteiger partial charge >= 0.3 is 0 Å². The third-order valence-corrected chi connectivity index (χ3v) is 5.00. The molecule has 1 aromatic heterocycles.